The lowest BCUT2D eigenvalue weighted by Gasteiger charge is -2.47. The summed E-state index contributed by atoms with van der Waals surface area (Å²) < 4.78 is 34.1. The van der Waals surface area contributed by atoms with Gasteiger partial charge in [-0.2, -0.15) is 0 Å². The van der Waals surface area contributed by atoms with Crippen molar-refractivity contribution in [3.8, 4) is 0 Å². The Balaban J connectivity index is 1.50. The smallest absolute Gasteiger partial charge is 0.326 e. The molecule has 5 atom stereocenters. The molecule has 2 heterocycles. The molecule has 2 aliphatic heterocycles. The van der Waals surface area contributed by atoms with Crippen LogP contribution >= 0.6 is 0 Å². The maximum atomic E-state index is 13.2. The summed E-state index contributed by atoms with van der Waals surface area (Å²) in [6.45, 7) is 4.45. The molecule has 2 saturated heterocycles. The summed E-state index contributed by atoms with van der Waals surface area (Å²) in [6.07, 6.45) is 2.68. The average Bonchev–Trinajstić information content (AvgIpc) is 3.22. The van der Waals surface area contributed by atoms with Gasteiger partial charge < -0.3 is 9.64 Å². The van der Waals surface area contributed by atoms with Gasteiger partial charge in [0.2, 0.25) is 15.9 Å². The van der Waals surface area contributed by atoms with E-state index in [0.717, 1.165) is 12.8 Å². The van der Waals surface area contributed by atoms with E-state index in [1.807, 2.05) is 13.8 Å². The molecule has 5 unspecified atom stereocenters. The van der Waals surface area contributed by atoms with E-state index in [9.17, 15) is 18.0 Å². The SMILES string of the molecule is CC1NCOC1CN1C(=O)C2CC(S(=O)(=O)NC3(C)CC3)CCC2N(C)C1=O. The molecule has 0 aromatic rings. The summed E-state index contributed by atoms with van der Waals surface area (Å²) in [5.74, 6) is -0.761. The third-order valence-electron chi connectivity index (χ3n) is 6.83. The fourth-order valence-corrected chi connectivity index (χ4v) is 6.56. The first-order chi connectivity index (χ1) is 13.1. The highest BCUT2D eigenvalue weighted by Crippen LogP contribution is 2.39. The summed E-state index contributed by atoms with van der Waals surface area (Å²) >= 11 is 0. The van der Waals surface area contributed by atoms with Crippen molar-refractivity contribution >= 4 is 22.0 Å². The highest BCUT2D eigenvalue weighted by Gasteiger charge is 2.51. The molecule has 0 radical (unpaired) electrons. The zero-order chi connectivity index (χ0) is 20.3. The highest BCUT2D eigenvalue weighted by molar-refractivity contribution is 7.90. The van der Waals surface area contributed by atoms with E-state index in [1.54, 1.807) is 11.9 Å². The number of hydrogen-bond donors (Lipinski definition) is 2. The molecule has 158 valence electrons. The molecule has 10 heteroatoms. The van der Waals surface area contributed by atoms with Crippen LogP contribution < -0.4 is 10.0 Å². The Morgan fingerprint density at radius 1 is 1.29 bits per heavy atom. The molecular formula is C18H30N4O5S. The van der Waals surface area contributed by atoms with E-state index in [2.05, 4.69) is 10.0 Å². The highest BCUT2D eigenvalue weighted by atomic mass is 32.2. The number of sulfonamides is 1. The van der Waals surface area contributed by atoms with Gasteiger partial charge in [-0.3, -0.25) is 15.0 Å². The molecule has 0 aromatic heterocycles. The Kier molecular flexibility index (Phi) is 4.96. The first-order valence-electron chi connectivity index (χ1n) is 10.1. The monoisotopic (exact) mass is 414 g/mol. The predicted octanol–water partition coefficient (Wildman–Crippen LogP) is 0.224. The van der Waals surface area contributed by atoms with Crippen LogP contribution in [0.25, 0.3) is 0 Å². The maximum absolute atomic E-state index is 13.2. The zero-order valence-corrected chi connectivity index (χ0v) is 17.5. The summed E-state index contributed by atoms with van der Waals surface area (Å²) in [4.78, 5) is 28.8. The minimum Gasteiger partial charge on any atom is -0.360 e. The minimum absolute atomic E-state index is 0.0478. The van der Waals surface area contributed by atoms with Crippen LogP contribution in [0, 0.1) is 5.92 Å². The van der Waals surface area contributed by atoms with E-state index in [-0.39, 0.29) is 48.6 Å². The van der Waals surface area contributed by atoms with Crippen LogP contribution in [0.4, 0.5) is 4.79 Å². The number of carbonyl (C=O) groups is 2. The molecular weight excluding hydrogens is 384 g/mol. The third-order valence-corrected chi connectivity index (χ3v) is 8.91. The minimum atomic E-state index is -3.49. The second-order valence-electron chi connectivity index (χ2n) is 9.00. The Bertz CT molecular complexity index is 768. The molecule has 28 heavy (non-hydrogen) atoms. The summed E-state index contributed by atoms with van der Waals surface area (Å²) in [5.41, 5.74) is -0.325. The molecule has 0 spiro atoms. The topological polar surface area (TPSA) is 108 Å². The number of ether oxygens (including phenoxy) is 1. The van der Waals surface area contributed by atoms with E-state index in [1.165, 1.54) is 4.90 Å². The van der Waals surface area contributed by atoms with Gasteiger partial charge in [-0.1, -0.05) is 0 Å². The van der Waals surface area contributed by atoms with Gasteiger partial charge >= 0.3 is 6.03 Å². The predicted molar refractivity (Wildman–Crippen MR) is 102 cm³/mol. The normalized spacial score (nSPS) is 37.9. The second-order valence-corrected chi connectivity index (χ2v) is 11.0. The Morgan fingerprint density at radius 2 is 2.00 bits per heavy atom. The number of fused-ring (bicyclic) bond motifs is 1. The van der Waals surface area contributed by atoms with Gasteiger partial charge in [0.05, 0.1) is 30.5 Å². The van der Waals surface area contributed by atoms with Crippen LogP contribution in [0.2, 0.25) is 0 Å². The van der Waals surface area contributed by atoms with E-state index in [4.69, 9.17) is 4.74 Å². The van der Waals surface area contributed by atoms with Crippen molar-refractivity contribution in [3.63, 3.8) is 0 Å². The first-order valence-corrected chi connectivity index (χ1v) is 11.6. The molecule has 2 N–H and O–H groups in total. The fraction of sp³-hybridized carbons (Fsp3) is 0.889. The molecule has 9 nitrogen and oxygen atoms in total. The summed E-state index contributed by atoms with van der Waals surface area (Å²) in [7, 11) is -1.79. The van der Waals surface area contributed by atoms with Gasteiger partial charge in [0.15, 0.2) is 0 Å². The average molecular weight is 415 g/mol. The van der Waals surface area contributed by atoms with Gasteiger partial charge in [-0.15, -0.1) is 0 Å². The Morgan fingerprint density at radius 3 is 2.61 bits per heavy atom. The molecule has 2 saturated carbocycles. The van der Waals surface area contributed by atoms with Crippen molar-refractivity contribution in [3.05, 3.63) is 0 Å². The lowest BCUT2D eigenvalue weighted by atomic mass is 9.81. The largest absolute Gasteiger partial charge is 0.360 e. The van der Waals surface area contributed by atoms with Crippen LogP contribution in [0.15, 0.2) is 0 Å². The van der Waals surface area contributed by atoms with Crippen LogP contribution in [0.1, 0.15) is 46.0 Å². The van der Waals surface area contributed by atoms with Gasteiger partial charge in [-0.25, -0.2) is 17.9 Å². The molecule has 4 rings (SSSR count). The van der Waals surface area contributed by atoms with Crippen LogP contribution in [-0.4, -0.2) is 79.5 Å². The van der Waals surface area contributed by atoms with Crippen molar-refractivity contribution in [1.29, 1.82) is 0 Å². The molecule has 2 aliphatic carbocycles. The van der Waals surface area contributed by atoms with Crippen molar-refractivity contribution < 1.29 is 22.7 Å². The zero-order valence-electron chi connectivity index (χ0n) is 16.7. The van der Waals surface area contributed by atoms with Crippen molar-refractivity contribution in [2.75, 3.05) is 20.3 Å². The first kappa shape index (κ1) is 20.1. The lowest BCUT2D eigenvalue weighted by molar-refractivity contribution is -0.141. The van der Waals surface area contributed by atoms with Crippen LogP contribution in [0.5, 0.6) is 0 Å². The number of carbonyl (C=O) groups excluding carboxylic acids is 2. The van der Waals surface area contributed by atoms with Gasteiger partial charge in [-0.05, 0) is 46.0 Å². The molecule has 3 amide bonds. The maximum Gasteiger partial charge on any atom is 0.326 e. The summed E-state index contributed by atoms with van der Waals surface area (Å²) in [5, 5.41) is 2.54. The van der Waals surface area contributed by atoms with Crippen molar-refractivity contribution in [2.24, 2.45) is 5.92 Å². The lowest BCUT2D eigenvalue weighted by Crippen LogP contribution is -2.64. The van der Waals surface area contributed by atoms with E-state index >= 15 is 0 Å². The molecule has 4 aliphatic rings. The number of nitrogens with zero attached hydrogens (tertiary/aromatic N) is 2. The van der Waals surface area contributed by atoms with Crippen LogP contribution in [-0.2, 0) is 19.6 Å². The number of imide groups is 1. The number of rotatable bonds is 5. The van der Waals surface area contributed by atoms with Gasteiger partial charge in [0.25, 0.3) is 0 Å². The van der Waals surface area contributed by atoms with E-state index in [0.29, 0.717) is 19.6 Å². The van der Waals surface area contributed by atoms with Crippen LogP contribution in [0.3, 0.4) is 0 Å². The molecule has 4 fully saturated rings. The fourth-order valence-electron chi connectivity index (χ4n) is 4.59. The van der Waals surface area contributed by atoms with Gasteiger partial charge in [0, 0.05) is 24.7 Å². The second kappa shape index (κ2) is 6.93. The Labute approximate surface area is 166 Å². The Hall–Kier alpha value is -1.23. The number of amides is 3. The summed E-state index contributed by atoms with van der Waals surface area (Å²) in [6, 6.07) is -0.510. The number of nitrogens with one attached hydrogen (secondary N) is 2. The molecule has 0 bridgehead atoms. The number of hydrogen-bond acceptors (Lipinski definition) is 6. The van der Waals surface area contributed by atoms with Gasteiger partial charge in [0.1, 0.15) is 0 Å². The van der Waals surface area contributed by atoms with Crippen molar-refractivity contribution in [2.45, 2.75) is 74.9 Å². The number of urea groups is 1. The van der Waals surface area contributed by atoms with Crippen molar-refractivity contribution in [1.82, 2.24) is 19.8 Å². The van der Waals surface area contributed by atoms with E-state index < -0.39 is 21.2 Å². The quantitative estimate of drug-likeness (QED) is 0.667. The third kappa shape index (κ3) is 3.55. The standard InChI is InChI=1S/C18H30N4O5S/c1-11-15(27-10-19-11)9-22-16(23)13-8-12(4-5-14(13)21(3)17(22)24)28(25,26)20-18(2)6-7-18/h11-15,19-20H,4-10H2,1-3H3. The molecule has 0 aromatic carbocycles.